The number of rotatable bonds is 10. The molecule has 0 spiro atoms. The second-order valence-corrected chi connectivity index (χ2v) is 4.92. The van der Waals surface area contributed by atoms with Gasteiger partial charge in [-0.15, -0.1) is 6.58 Å². The van der Waals surface area contributed by atoms with Crippen LogP contribution in [0, 0.1) is 0 Å². The van der Waals surface area contributed by atoms with E-state index in [1.807, 2.05) is 0 Å². The van der Waals surface area contributed by atoms with Crippen LogP contribution in [0.25, 0.3) is 0 Å². The van der Waals surface area contributed by atoms with Crippen molar-refractivity contribution in [2.75, 3.05) is 25.2 Å². The van der Waals surface area contributed by atoms with Gasteiger partial charge in [0.1, 0.15) is 6.04 Å². The summed E-state index contributed by atoms with van der Waals surface area (Å²) in [6, 6.07) is -1.68. The van der Waals surface area contributed by atoms with Crippen LogP contribution in [-0.4, -0.2) is 54.3 Å². The van der Waals surface area contributed by atoms with Crippen LogP contribution in [0.3, 0.4) is 0 Å². The highest BCUT2D eigenvalue weighted by molar-refractivity contribution is 7.99. The lowest BCUT2D eigenvalue weighted by Gasteiger charge is -2.14. The predicted molar refractivity (Wildman–Crippen MR) is 76.7 cm³/mol. The molecule has 0 aliphatic heterocycles. The fourth-order valence-corrected chi connectivity index (χ4v) is 1.81. The molecule has 114 valence electrons. The molecule has 0 saturated carbocycles. The zero-order valence-corrected chi connectivity index (χ0v) is 12.2. The van der Waals surface area contributed by atoms with Crippen LogP contribution < -0.4 is 10.6 Å². The van der Waals surface area contributed by atoms with Gasteiger partial charge in [0.2, 0.25) is 0 Å². The number of hydrogen-bond acceptors (Lipinski definition) is 5. The highest BCUT2D eigenvalue weighted by Gasteiger charge is 2.20. The van der Waals surface area contributed by atoms with E-state index >= 15 is 0 Å². The van der Waals surface area contributed by atoms with E-state index in [-0.39, 0.29) is 12.8 Å². The van der Waals surface area contributed by atoms with E-state index in [0.29, 0.717) is 12.3 Å². The molecule has 0 radical (unpaired) electrons. The summed E-state index contributed by atoms with van der Waals surface area (Å²) in [6.07, 6.45) is 1.68. The Morgan fingerprint density at radius 1 is 1.45 bits per heavy atom. The molecule has 7 nitrogen and oxygen atoms in total. The minimum Gasteiger partial charge on any atom is -0.480 e. The van der Waals surface area contributed by atoms with Crippen molar-refractivity contribution in [3.63, 3.8) is 0 Å². The van der Waals surface area contributed by atoms with E-state index in [2.05, 4.69) is 21.9 Å². The third-order valence-electron chi connectivity index (χ3n) is 2.24. The molecule has 0 rings (SSSR count). The van der Waals surface area contributed by atoms with Gasteiger partial charge in [-0.2, -0.15) is 11.8 Å². The van der Waals surface area contributed by atoms with Crippen LogP contribution in [0.5, 0.6) is 0 Å². The predicted octanol–water partition coefficient (Wildman–Crippen LogP) is 0.611. The van der Waals surface area contributed by atoms with Crippen molar-refractivity contribution < 1.29 is 24.2 Å². The van der Waals surface area contributed by atoms with Gasteiger partial charge < -0.3 is 20.5 Å². The Labute approximate surface area is 122 Å². The smallest absolute Gasteiger partial charge is 0.326 e. The summed E-state index contributed by atoms with van der Waals surface area (Å²) in [5.74, 6) is -0.205. The van der Waals surface area contributed by atoms with Crippen molar-refractivity contribution in [2.45, 2.75) is 18.9 Å². The Morgan fingerprint density at radius 3 is 2.70 bits per heavy atom. The third-order valence-corrected chi connectivity index (χ3v) is 3.20. The molecule has 0 unspecified atom stereocenters. The molecule has 0 aliphatic carbocycles. The molecule has 8 heteroatoms. The zero-order valence-electron chi connectivity index (χ0n) is 11.4. The molecule has 0 aliphatic rings. The average molecular weight is 304 g/mol. The molecule has 0 aromatic carbocycles. The number of methoxy groups -OCH3 is 1. The Kier molecular flexibility index (Phi) is 10.2. The van der Waals surface area contributed by atoms with E-state index < -0.39 is 24.0 Å². The maximum atomic E-state index is 11.5. The van der Waals surface area contributed by atoms with Crippen LogP contribution in [0.15, 0.2) is 12.7 Å². The van der Waals surface area contributed by atoms with Crippen LogP contribution in [-0.2, 0) is 14.3 Å². The summed E-state index contributed by atoms with van der Waals surface area (Å²) in [7, 11) is 1.22. The summed E-state index contributed by atoms with van der Waals surface area (Å²) in [6.45, 7) is 3.99. The number of esters is 1. The molecule has 0 bridgehead atoms. The van der Waals surface area contributed by atoms with Gasteiger partial charge in [-0.3, -0.25) is 4.79 Å². The molecular weight excluding hydrogens is 284 g/mol. The van der Waals surface area contributed by atoms with Crippen molar-refractivity contribution in [3.05, 3.63) is 12.7 Å². The first-order valence-corrected chi connectivity index (χ1v) is 7.19. The van der Waals surface area contributed by atoms with Gasteiger partial charge in [-0.1, -0.05) is 6.08 Å². The van der Waals surface area contributed by atoms with E-state index in [9.17, 15) is 14.4 Å². The van der Waals surface area contributed by atoms with E-state index in [4.69, 9.17) is 5.11 Å². The molecule has 1 atom stereocenters. The number of carboxylic acids is 1. The highest BCUT2D eigenvalue weighted by Crippen LogP contribution is 2.00. The third kappa shape index (κ3) is 9.26. The maximum absolute atomic E-state index is 11.5. The van der Waals surface area contributed by atoms with E-state index in [1.165, 1.54) is 7.11 Å². The van der Waals surface area contributed by atoms with Gasteiger partial charge >= 0.3 is 18.0 Å². The number of carbonyl (C=O) groups is 3. The summed E-state index contributed by atoms with van der Waals surface area (Å²) < 4.78 is 4.42. The van der Waals surface area contributed by atoms with Gasteiger partial charge in [-0.05, 0) is 6.42 Å². The SMILES string of the molecule is C=CCSCCNC(=O)N[C@H](CCC(=O)OC)C(=O)O. The molecule has 0 aromatic rings. The normalized spacial score (nSPS) is 11.2. The Bertz CT molecular complexity index is 349. The van der Waals surface area contributed by atoms with E-state index in [1.54, 1.807) is 17.8 Å². The first kappa shape index (κ1) is 18.3. The highest BCUT2D eigenvalue weighted by atomic mass is 32.2. The number of urea groups is 1. The lowest BCUT2D eigenvalue weighted by atomic mass is 10.1. The van der Waals surface area contributed by atoms with E-state index in [0.717, 1.165) is 5.75 Å². The summed E-state index contributed by atoms with van der Waals surface area (Å²) in [5.41, 5.74) is 0. The van der Waals surface area contributed by atoms with Crippen LogP contribution >= 0.6 is 11.8 Å². The number of nitrogens with one attached hydrogen (secondary N) is 2. The van der Waals surface area contributed by atoms with Crippen molar-refractivity contribution in [1.29, 1.82) is 0 Å². The van der Waals surface area contributed by atoms with Crippen molar-refractivity contribution in [2.24, 2.45) is 0 Å². The Balaban J connectivity index is 3.98. The Morgan fingerprint density at radius 2 is 2.15 bits per heavy atom. The summed E-state index contributed by atoms with van der Waals surface area (Å²) >= 11 is 1.60. The summed E-state index contributed by atoms with van der Waals surface area (Å²) in [5, 5.41) is 13.8. The van der Waals surface area contributed by atoms with Gasteiger partial charge in [0.15, 0.2) is 0 Å². The van der Waals surface area contributed by atoms with Gasteiger partial charge in [0, 0.05) is 24.5 Å². The topological polar surface area (TPSA) is 105 Å². The number of ether oxygens (including phenoxy) is 1. The van der Waals surface area contributed by atoms with Crippen molar-refractivity contribution in [1.82, 2.24) is 10.6 Å². The number of carboxylic acid groups (broad SMARTS) is 1. The number of thioether (sulfide) groups is 1. The number of hydrogen-bond donors (Lipinski definition) is 3. The summed E-state index contributed by atoms with van der Waals surface area (Å²) in [4.78, 5) is 33.4. The lowest BCUT2D eigenvalue weighted by Crippen LogP contribution is -2.46. The number of carbonyl (C=O) groups excluding carboxylic acids is 2. The van der Waals surface area contributed by atoms with Crippen LogP contribution in [0.2, 0.25) is 0 Å². The molecule has 0 aromatic heterocycles. The molecule has 0 heterocycles. The fourth-order valence-electron chi connectivity index (χ4n) is 1.23. The minimum absolute atomic E-state index is 0.0133. The molecular formula is C12H20N2O5S. The monoisotopic (exact) mass is 304 g/mol. The molecule has 3 N–H and O–H groups in total. The molecule has 0 saturated heterocycles. The lowest BCUT2D eigenvalue weighted by molar-refractivity contribution is -0.142. The maximum Gasteiger partial charge on any atom is 0.326 e. The standard InChI is InChI=1S/C12H20N2O5S/c1-3-7-20-8-6-13-12(18)14-9(11(16)17)4-5-10(15)19-2/h3,9H,1,4-8H2,2H3,(H,16,17)(H2,13,14,18)/t9-/m1/s1. The van der Waals surface area contributed by atoms with Crippen LogP contribution in [0.1, 0.15) is 12.8 Å². The zero-order chi connectivity index (χ0) is 15.4. The number of aliphatic carboxylic acids is 1. The largest absolute Gasteiger partial charge is 0.480 e. The van der Waals surface area contributed by atoms with Crippen molar-refractivity contribution in [3.8, 4) is 0 Å². The fraction of sp³-hybridized carbons (Fsp3) is 0.583. The second-order valence-electron chi connectivity index (χ2n) is 3.77. The first-order chi connectivity index (χ1) is 9.51. The minimum atomic E-state index is -1.19. The molecule has 20 heavy (non-hydrogen) atoms. The second kappa shape index (κ2) is 11.2. The van der Waals surface area contributed by atoms with Gasteiger partial charge in [-0.25, -0.2) is 9.59 Å². The molecule has 2 amide bonds. The quantitative estimate of drug-likeness (QED) is 0.310. The first-order valence-electron chi connectivity index (χ1n) is 6.03. The molecule has 0 fully saturated rings. The van der Waals surface area contributed by atoms with Crippen molar-refractivity contribution >= 4 is 29.7 Å². The van der Waals surface area contributed by atoms with Crippen LogP contribution in [0.4, 0.5) is 4.79 Å². The number of amides is 2. The van der Waals surface area contributed by atoms with Gasteiger partial charge in [0.25, 0.3) is 0 Å². The Hall–Kier alpha value is -1.70. The average Bonchev–Trinajstić information content (AvgIpc) is 2.42. The van der Waals surface area contributed by atoms with Gasteiger partial charge in [0.05, 0.1) is 7.11 Å².